The molecule has 0 fully saturated rings. The third-order valence-corrected chi connectivity index (χ3v) is 6.71. The summed E-state index contributed by atoms with van der Waals surface area (Å²) in [7, 11) is 0. The van der Waals surface area contributed by atoms with Crippen molar-refractivity contribution in [3.05, 3.63) is 71.8 Å². The molecular weight excluding hydrogens is 434 g/mol. The van der Waals surface area contributed by atoms with Crippen molar-refractivity contribution >= 4 is 45.6 Å². The van der Waals surface area contributed by atoms with Crippen LogP contribution in [0.15, 0.2) is 60.7 Å². The zero-order valence-electron chi connectivity index (χ0n) is 17.2. The first kappa shape index (κ1) is 24.7. The van der Waals surface area contributed by atoms with Crippen LogP contribution in [0, 0.1) is 0 Å². The van der Waals surface area contributed by atoms with E-state index in [0.717, 1.165) is 29.9 Å². The summed E-state index contributed by atoms with van der Waals surface area (Å²) in [5, 5.41) is 10.5. The van der Waals surface area contributed by atoms with E-state index in [2.05, 4.69) is 5.32 Å². The third-order valence-electron chi connectivity index (χ3n) is 4.39. The van der Waals surface area contributed by atoms with Crippen molar-refractivity contribution in [1.82, 2.24) is 5.32 Å². The number of carboxylic acids is 1. The monoisotopic (exact) mass is 459 g/mol. The Kier molecular flexibility index (Phi) is 10.3. The highest BCUT2D eigenvalue weighted by atomic mass is 32.2. The number of nitrogens with one attached hydrogen (secondary N) is 1. The molecule has 0 heterocycles. The predicted octanol–water partition coefficient (Wildman–Crippen LogP) is 4.26. The van der Waals surface area contributed by atoms with Crippen molar-refractivity contribution in [3.8, 4) is 0 Å². The molecule has 2 N–H and O–H groups in total. The van der Waals surface area contributed by atoms with Gasteiger partial charge in [-0.15, -0.1) is 0 Å². The SMILES string of the molecule is CCCC[C@H](NC(=O)C(CSC(=O)c1ccccc1)SC(=O)c1ccccc1)C(=O)O. The number of carbonyl (C=O) groups excluding carboxylic acids is 3. The number of rotatable bonds is 11. The topological polar surface area (TPSA) is 101 Å². The molecule has 164 valence electrons. The number of hydrogen-bond donors (Lipinski definition) is 2. The van der Waals surface area contributed by atoms with Gasteiger partial charge in [-0.1, -0.05) is 104 Å². The number of thioether (sulfide) groups is 2. The van der Waals surface area contributed by atoms with Gasteiger partial charge in [-0.05, 0) is 6.42 Å². The minimum Gasteiger partial charge on any atom is -0.480 e. The van der Waals surface area contributed by atoms with Gasteiger partial charge in [0.1, 0.15) is 11.3 Å². The smallest absolute Gasteiger partial charge is 0.326 e. The van der Waals surface area contributed by atoms with Crippen LogP contribution in [0.3, 0.4) is 0 Å². The van der Waals surface area contributed by atoms with Crippen molar-refractivity contribution in [2.75, 3.05) is 5.75 Å². The molecule has 1 unspecified atom stereocenters. The Labute approximate surface area is 190 Å². The Hall–Kier alpha value is -2.58. The van der Waals surface area contributed by atoms with Gasteiger partial charge in [-0.25, -0.2) is 4.79 Å². The lowest BCUT2D eigenvalue weighted by Crippen LogP contribution is -2.45. The molecule has 0 spiro atoms. The fraction of sp³-hybridized carbons (Fsp3) is 0.304. The Morgan fingerprint density at radius 3 is 1.97 bits per heavy atom. The summed E-state index contributed by atoms with van der Waals surface area (Å²) < 4.78 is 0. The summed E-state index contributed by atoms with van der Waals surface area (Å²) >= 11 is 1.74. The third kappa shape index (κ3) is 8.22. The van der Waals surface area contributed by atoms with Gasteiger partial charge in [0.15, 0.2) is 0 Å². The average Bonchev–Trinajstić information content (AvgIpc) is 2.79. The predicted molar refractivity (Wildman–Crippen MR) is 124 cm³/mol. The van der Waals surface area contributed by atoms with Gasteiger partial charge in [0.25, 0.3) is 0 Å². The van der Waals surface area contributed by atoms with Crippen LogP contribution in [0.5, 0.6) is 0 Å². The first-order valence-corrected chi connectivity index (χ1v) is 11.8. The lowest BCUT2D eigenvalue weighted by molar-refractivity contribution is -0.141. The minimum atomic E-state index is -1.12. The number of carboxylic acid groups (broad SMARTS) is 1. The van der Waals surface area contributed by atoms with Gasteiger partial charge < -0.3 is 10.4 Å². The quantitative estimate of drug-likeness (QED) is 0.518. The van der Waals surface area contributed by atoms with Crippen LogP contribution in [-0.4, -0.2) is 44.3 Å². The molecule has 2 aromatic rings. The maximum atomic E-state index is 12.9. The molecule has 1 amide bonds. The van der Waals surface area contributed by atoms with E-state index in [1.54, 1.807) is 60.7 Å². The molecule has 0 aliphatic rings. The zero-order valence-corrected chi connectivity index (χ0v) is 18.8. The molecule has 2 rings (SSSR count). The van der Waals surface area contributed by atoms with Crippen LogP contribution < -0.4 is 5.32 Å². The van der Waals surface area contributed by atoms with E-state index in [-0.39, 0.29) is 16.0 Å². The van der Waals surface area contributed by atoms with Crippen LogP contribution in [-0.2, 0) is 9.59 Å². The molecular formula is C23H25NO5S2. The molecule has 2 atom stereocenters. The molecule has 0 aliphatic heterocycles. The Morgan fingerprint density at radius 1 is 0.903 bits per heavy atom. The molecule has 0 aromatic heterocycles. The van der Waals surface area contributed by atoms with Gasteiger partial charge >= 0.3 is 5.97 Å². The van der Waals surface area contributed by atoms with E-state index in [1.807, 2.05) is 6.92 Å². The van der Waals surface area contributed by atoms with Crippen LogP contribution in [0.25, 0.3) is 0 Å². The van der Waals surface area contributed by atoms with Crippen molar-refractivity contribution < 1.29 is 24.3 Å². The number of aliphatic carboxylic acids is 1. The van der Waals surface area contributed by atoms with Crippen molar-refractivity contribution in [1.29, 1.82) is 0 Å². The molecule has 31 heavy (non-hydrogen) atoms. The normalized spacial score (nSPS) is 12.5. The lowest BCUT2D eigenvalue weighted by Gasteiger charge is -2.19. The first-order valence-electron chi connectivity index (χ1n) is 9.93. The van der Waals surface area contributed by atoms with E-state index in [4.69, 9.17) is 0 Å². The first-order chi connectivity index (χ1) is 14.9. The molecule has 8 heteroatoms. The summed E-state index contributed by atoms with van der Waals surface area (Å²) in [5.74, 6) is -1.64. The van der Waals surface area contributed by atoms with E-state index in [9.17, 15) is 24.3 Å². The highest BCUT2D eigenvalue weighted by Crippen LogP contribution is 2.24. The van der Waals surface area contributed by atoms with Crippen LogP contribution in [0.2, 0.25) is 0 Å². The van der Waals surface area contributed by atoms with E-state index < -0.39 is 23.2 Å². The number of benzene rings is 2. The lowest BCUT2D eigenvalue weighted by atomic mass is 10.1. The molecule has 2 aromatic carbocycles. The fourth-order valence-electron chi connectivity index (χ4n) is 2.67. The van der Waals surface area contributed by atoms with Crippen LogP contribution in [0.4, 0.5) is 0 Å². The maximum absolute atomic E-state index is 12.9. The number of amides is 1. The largest absolute Gasteiger partial charge is 0.480 e. The van der Waals surface area contributed by atoms with Gasteiger partial charge in [0.2, 0.25) is 16.1 Å². The number of hydrogen-bond acceptors (Lipinski definition) is 6. The van der Waals surface area contributed by atoms with Crippen molar-refractivity contribution in [2.45, 2.75) is 37.5 Å². The molecule has 0 radical (unpaired) electrons. The summed E-state index contributed by atoms with van der Waals surface area (Å²) in [6.45, 7) is 1.93. The van der Waals surface area contributed by atoms with Gasteiger partial charge in [0, 0.05) is 16.9 Å². The van der Waals surface area contributed by atoms with Crippen molar-refractivity contribution in [2.24, 2.45) is 0 Å². The summed E-state index contributed by atoms with van der Waals surface area (Å²) in [6.07, 6.45) is 1.75. The maximum Gasteiger partial charge on any atom is 0.326 e. The van der Waals surface area contributed by atoms with Gasteiger partial charge in [0.05, 0.1) is 0 Å². The Morgan fingerprint density at radius 2 is 1.45 bits per heavy atom. The van der Waals surface area contributed by atoms with Crippen LogP contribution >= 0.6 is 23.5 Å². The van der Waals surface area contributed by atoms with E-state index >= 15 is 0 Å². The minimum absolute atomic E-state index is 0.0446. The second-order valence-corrected chi connectivity index (χ2v) is 8.93. The summed E-state index contributed by atoms with van der Waals surface area (Å²) in [4.78, 5) is 49.5. The molecule has 0 saturated carbocycles. The Balaban J connectivity index is 2.11. The van der Waals surface area contributed by atoms with Crippen LogP contribution in [0.1, 0.15) is 46.9 Å². The fourth-order valence-corrected chi connectivity index (χ4v) is 4.61. The molecule has 0 aliphatic carbocycles. The number of unbranched alkanes of at least 4 members (excludes halogenated alkanes) is 1. The van der Waals surface area contributed by atoms with E-state index in [1.165, 1.54) is 0 Å². The van der Waals surface area contributed by atoms with Gasteiger partial charge in [-0.3, -0.25) is 14.4 Å². The Bertz CT molecular complexity index is 889. The second-order valence-electron chi connectivity index (χ2n) is 6.77. The highest BCUT2D eigenvalue weighted by Gasteiger charge is 2.28. The van der Waals surface area contributed by atoms with Gasteiger partial charge in [-0.2, -0.15) is 0 Å². The van der Waals surface area contributed by atoms with E-state index in [0.29, 0.717) is 24.0 Å². The molecule has 0 saturated heterocycles. The highest BCUT2D eigenvalue weighted by molar-refractivity contribution is 8.18. The van der Waals surface area contributed by atoms with Crippen molar-refractivity contribution in [3.63, 3.8) is 0 Å². The standard InChI is InChI=1S/C23H25NO5S2/c1-2-3-14-18(21(26)27)24-20(25)19(31-23(29)17-12-8-5-9-13-17)15-30-22(28)16-10-6-4-7-11-16/h4-13,18-19H,2-3,14-15H2,1H3,(H,24,25)(H,26,27)/t18-,19?/m0/s1. The zero-order chi connectivity index (χ0) is 22.6. The summed E-state index contributed by atoms with van der Waals surface area (Å²) in [6, 6.07) is 16.1. The second kappa shape index (κ2) is 13.0. The number of carbonyl (C=O) groups is 4. The summed E-state index contributed by atoms with van der Waals surface area (Å²) in [5.41, 5.74) is 0.933. The molecule has 6 nitrogen and oxygen atoms in total. The molecule has 0 bridgehead atoms. The average molecular weight is 460 g/mol.